The van der Waals surface area contributed by atoms with E-state index in [9.17, 15) is 18.7 Å². The van der Waals surface area contributed by atoms with Gasteiger partial charge in [-0.25, -0.2) is 18.7 Å². The Morgan fingerprint density at radius 1 is 1.23 bits per heavy atom. The van der Waals surface area contributed by atoms with E-state index in [1.54, 1.807) is 25.3 Å². The number of methoxy groups -OCH3 is 1. The second kappa shape index (κ2) is 12.2. The molecule has 0 unspecified atom stereocenters. The third-order valence-corrected chi connectivity index (χ3v) is 6.69. The van der Waals surface area contributed by atoms with Crippen LogP contribution in [0.3, 0.4) is 0 Å². The summed E-state index contributed by atoms with van der Waals surface area (Å²) in [5, 5.41) is 22.4. The number of carbonyl (C=O) groups is 1. The molecule has 0 aliphatic carbocycles. The number of benzene rings is 2. The number of carbonyl (C=O) groups excluding carboxylic acids is 1. The van der Waals surface area contributed by atoms with Crippen LogP contribution in [-0.2, 0) is 11.2 Å². The summed E-state index contributed by atoms with van der Waals surface area (Å²) in [5.41, 5.74) is 0.836. The Balaban J connectivity index is 1.27. The highest BCUT2D eigenvalue weighted by Crippen LogP contribution is 2.35. The Kier molecular flexibility index (Phi) is 8.31. The highest BCUT2D eigenvalue weighted by molar-refractivity contribution is 5.93. The zero-order valence-electron chi connectivity index (χ0n) is 21.8. The summed E-state index contributed by atoms with van der Waals surface area (Å²) < 4.78 is 39.0. The van der Waals surface area contributed by atoms with Crippen molar-refractivity contribution in [2.45, 2.75) is 25.3 Å². The number of nitrogens with one attached hydrogen (secondary N) is 3. The van der Waals surface area contributed by atoms with Gasteiger partial charge < -0.3 is 25.2 Å². The summed E-state index contributed by atoms with van der Waals surface area (Å²) in [4.78, 5) is 23.3. The van der Waals surface area contributed by atoms with Crippen molar-refractivity contribution in [1.82, 2.24) is 25.1 Å². The number of amides is 1. The van der Waals surface area contributed by atoms with Crippen molar-refractivity contribution in [3.05, 3.63) is 60.1 Å². The fourth-order valence-corrected chi connectivity index (χ4v) is 4.73. The lowest BCUT2D eigenvalue weighted by atomic mass is 10.2. The summed E-state index contributed by atoms with van der Waals surface area (Å²) in [6, 6.07) is 8.97. The van der Waals surface area contributed by atoms with Gasteiger partial charge in [-0.15, -0.1) is 0 Å². The van der Waals surface area contributed by atoms with Gasteiger partial charge in [-0.2, -0.15) is 5.10 Å². The summed E-state index contributed by atoms with van der Waals surface area (Å²) in [6.45, 7) is 2.14. The topological polar surface area (TPSA) is 138 Å². The van der Waals surface area contributed by atoms with Crippen LogP contribution < -0.4 is 20.1 Å². The smallest absolute Gasteiger partial charge is 0.230 e. The van der Waals surface area contributed by atoms with Crippen molar-refractivity contribution in [2.75, 3.05) is 44.0 Å². The highest BCUT2D eigenvalue weighted by atomic mass is 19.2. The molecule has 0 saturated carbocycles. The van der Waals surface area contributed by atoms with Crippen molar-refractivity contribution in [3.8, 4) is 11.5 Å². The number of aromatic nitrogens is 4. The van der Waals surface area contributed by atoms with E-state index in [0.29, 0.717) is 52.9 Å². The molecule has 1 fully saturated rings. The van der Waals surface area contributed by atoms with Crippen molar-refractivity contribution in [3.63, 3.8) is 0 Å². The van der Waals surface area contributed by atoms with Crippen LogP contribution in [0.2, 0.25) is 0 Å². The number of β-amino-alcohol motifs (C(OH)–C–C–N with tert-alkyl or cyclic N) is 1. The van der Waals surface area contributed by atoms with Crippen LogP contribution in [0.25, 0.3) is 10.9 Å². The van der Waals surface area contributed by atoms with Gasteiger partial charge in [-0.05, 0) is 37.6 Å². The minimum absolute atomic E-state index is 0.113. The van der Waals surface area contributed by atoms with Crippen LogP contribution in [0.5, 0.6) is 11.5 Å². The molecule has 0 bridgehead atoms. The van der Waals surface area contributed by atoms with Gasteiger partial charge in [0.15, 0.2) is 29.0 Å². The zero-order valence-corrected chi connectivity index (χ0v) is 21.8. The lowest BCUT2D eigenvalue weighted by Gasteiger charge is -2.24. The summed E-state index contributed by atoms with van der Waals surface area (Å²) in [7, 11) is 1.55. The molecule has 2 aromatic carbocycles. The maximum atomic E-state index is 13.9. The minimum atomic E-state index is -1.12. The molecule has 210 valence electrons. The molecule has 0 spiro atoms. The van der Waals surface area contributed by atoms with Gasteiger partial charge in [0.1, 0.15) is 18.8 Å². The first kappa shape index (κ1) is 27.2. The maximum Gasteiger partial charge on any atom is 0.230 e. The largest absolute Gasteiger partial charge is 0.493 e. The van der Waals surface area contributed by atoms with E-state index in [1.165, 1.54) is 18.5 Å². The van der Waals surface area contributed by atoms with Crippen molar-refractivity contribution in [2.24, 2.45) is 0 Å². The molecule has 40 heavy (non-hydrogen) atoms. The Hall–Kier alpha value is -4.36. The molecular formula is C27H29F2N7O4. The average Bonchev–Trinajstić information content (AvgIpc) is 3.59. The van der Waals surface area contributed by atoms with Gasteiger partial charge >= 0.3 is 0 Å². The molecule has 3 heterocycles. The molecular weight excluding hydrogens is 524 g/mol. The molecule has 5 rings (SSSR count). The van der Waals surface area contributed by atoms with E-state index in [2.05, 4.69) is 35.7 Å². The Bertz CT molecular complexity index is 1500. The number of fused-ring (bicyclic) bond motifs is 1. The number of ether oxygens (including phenoxy) is 2. The number of hydrogen-bond acceptors (Lipinski definition) is 9. The monoisotopic (exact) mass is 553 g/mol. The molecule has 4 N–H and O–H groups in total. The third kappa shape index (κ3) is 6.10. The summed E-state index contributed by atoms with van der Waals surface area (Å²) in [5.74, 6) is -0.782. The fourth-order valence-electron chi connectivity index (χ4n) is 4.73. The van der Waals surface area contributed by atoms with E-state index in [-0.39, 0.29) is 24.8 Å². The Morgan fingerprint density at radius 3 is 2.92 bits per heavy atom. The Labute approximate surface area is 228 Å². The quantitative estimate of drug-likeness (QED) is 0.220. The number of rotatable bonds is 11. The number of aliphatic hydroxyl groups excluding tert-OH is 1. The number of aromatic amines is 1. The second-order valence-electron chi connectivity index (χ2n) is 9.34. The van der Waals surface area contributed by atoms with Gasteiger partial charge in [-0.1, -0.05) is 6.07 Å². The molecule has 1 aliphatic rings. The standard InChI is InChI=1S/C27H29F2N7O4/c1-39-22-12-18-21(13-23(22)40-14-17-4-3-7-36(17)8-9-37)30-15-31-27(18)33-24-10-16(34-35-24)11-25(38)32-20-6-2-5-19(28)26(20)29/h2,5-6,10,12-13,15,17,37H,3-4,7-9,11,14H2,1H3,(H,32,38)(H2,30,31,33,34,35)/t17-/m1/s1. The van der Waals surface area contributed by atoms with E-state index in [0.717, 1.165) is 25.5 Å². The van der Waals surface area contributed by atoms with Crippen molar-refractivity contribution < 1.29 is 28.2 Å². The Morgan fingerprint density at radius 2 is 2.10 bits per heavy atom. The first-order valence-electron chi connectivity index (χ1n) is 12.8. The molecule has 0 radical (unpaired) electrons. The lowest BCUT2D eigenvalue weighted by Crippen LogP contribution is -2.36. The second-order valence-corrected chi connectivity index (χ2v) is 9.34. The van der Waals surface area contributed by atoms with Crippen LogP contribution >= 0.6 is 0 Å². The van der Waals surface area contributed by atoms with Gasteiger partial charge in [0.2, 0.25) is 5.91 Å². The molecule has 1 aliphatic heterocycles. The molecule has 1 atom stereocenters. The first-order chi connectivity index (χ1) is 19.4. The highest BCUT2D eigenvalue weighted by Gasteiger charge is 2.25. The number of H-pyrrole nitrogens is 1. The summed E-state index contributed by atoms with van der Waals surface area (Å²) >= 11 is 0. The fraction of sp³-hybridized carbons (Fsp3) is 0.333. The first-order valence-corrected chi connectivity index (χ1v) is 12.8. The normalized spacial score (nSPS) is 15.3. The maximum absolute atomic E-state index is 13.9. The lowest BCUT2D eigenvalue weighted by molar-refractivity contribution is -0.115. The minimum Gasteiger partial charge on any atom is -0.493 e. The molecule has 4 aromatic rings. The number of nitrogens with zero attached hydrogens (tertiary/aromatic N) is 4. The van der Waals surface area contributed by atoms with Crippen LogP contribution in [0.4, 0.5) is 26.1 Å². The van der Waals surface area contributed by atoms with Gasteiger partial charge in [0.05, 0.1) is 31.3 Å². The van der Waals surface area contributed by atoms with Crippen molar-refractivity contribution >= 4 is 34.1 Å². The van der Waals surface area contributed by atoms with Crippen LogP contribution in [0, 0.1) is 11.6 Å². The van der Waals surface area contributed by atoms with Crippen LogP contribution in [0.1, 0.15) is 18.5 Å². The predicted octanol–water partition coefficient (Wildman–Crippen LogP) is 3.40. The van der Waals surface area contributed by atoms with E-state index in [1.807, 2.05) is 0 Å². The summed E-state index contributed by atoms with van der Waals surface area (Å²) in [6.07, 6.45) is 3.34. The predicted molar refractivity (Wildman–Crippen MR) is 144 cm³/mol. The molecule has 2 aromatic heterocycles. The third-order valence-electron chi connectivity index (χ3n) is 6.69. The van der Waals surface area contributed by atoms with E-state index in [4.69, 9.17) is 9.47 Å². The number of likely N-dealkylation sites (tertiary alicyclic amines) is 1. The molecule has 11 nitrogen and oxygen atoms in total. The van der Waals surface area contributed by atoms with Gasteiger partial charge in [0, 0.05) is 35.8 Å². The van der Waals surface area contributed by atoms with Crippen molar-refractivity contribution in [1.29, 1.82) is 0 Å². The number of anilines is 3. The zero-order chi connectivity index (χ0) is 28.1. The van der Waals surface area contributed by atoms with Gasteiger partial charge in [0.25, 0.3) is 0 Å². The van der Waals surface area contributed by atoms with Gasteiger partial charge in [-0.3, -0.25) is 14.8 Å². The molecule has 13 heteroatoms. The SMILES string of the molecule is COc1cc2c(Nc3cc(CC(=O)Nc4cccc(F)c4F)[nH]n3)ncnc2cc1OC[C@H]1CCCN1CCO. The van der Waals surface area contributed by atoms with E-state index >= 15 is 0 Å². The van der Waals surface area contributed by atoms with E-state index < -0.39 is 17.5 Å². The molecule has 1 amide bonds. The average molecular weight is 554 g/mol. The van der Waals surface area contributed by atoms with Crippen LogP contribution in [0.15, 0.2) is 42.7 Å². The number of aliphatic hydroxyl groups is 1. The number of halogens is 2. The van der Waals surface area contributed by atoms with Crippen LogP contribution in [-0.4, -0.2) is 75.5 Å². The molecule has 1 saturated heterocycles. The number of hydrogen-bond donors (Lipinski definition) is 4.